The Morgan fingerprint density at radius 1 is 1.21 bits per heavy atom. The minimum atomic E-state index is 0.518. The Morgan fingerprint density at radius 2 is 2.12 bits per heavy atom. The van der Waals surface area contributed by atoms with Crippen LogP contribution in [0.5, 0.6) is 0 Å². The fourth-order valence-corrected chi connectivity index (χ4v) is 4.10. The first kappa shape index (κ1) is 13.7. The van der Waals surface area contributed by atoms with E-state index < -0.39 is 0 Å². The number of aromatic nitrogens is 3. The first-order chi connectivity index (χ1) is 11.8. The molecule has 2 aliphatic carbocycles. The number of pyridine rings is 1. The van der Waals surface area contributed by atoms with Gasteiger partial charge < -0.3 is 9.84 Å². The number of hydrogen-bond donors (Lipinski definition) is 1. The molecule has 0 saturated heterocycles. The molecule has 2 heterocycles. The summed E-state index contributed by atoms with van der Waals surface area (Å²) in [5, 5.41) is 7.38. The lowest BCUT2D eigenvalue weighted by Gasteiger charge is -2.11. The molecule has 1 aromatic carbocycles. The summed E-state index contributed by atoms with van der Waals surface area (Å²) in [5.41, 5.74) is 3.94. The zero-order valence-electron chi connectivity index (χ0n) is 13.4. The zero-order chi connectivity index (χ0) is 16.1. The monoisotopic (exact) mass is 318 g/mol. The summed E-state index contributed by atoms with van der Waals surface area (Å²) in [7, 11) is 0. The van der Waals surface area contributed by atoms with Crippen molar-refractivity contribution in [3.8, 4) is 11.5 Å². The summed E-state index contributed by atoms with van der Waals surface area (Å²) < 4.78 is 5.29. The van der Waals surface area contributed by atoms with E-state index in [1.165, 1.54) is 12.0 Å². The zero-order valence-corrected chi connectivity index (χ0v) is 13.4. The Morgan fingerprint density at radius 3 is 3.00 bits per heavy atom. The summed E-state index contributed by atoms with van der Waals surface area (Å²) in [5.74, 6) is 4.16. The molecule has 1 N–H and O–H groups in total. The number of aryl methyl sites for hydroxylation is 1. The molecule has 0 amide bonds. The van der Waals surface area contributed by atoms with Gasteiger partial charge in [-0.05, 0) is 54.4 Å². The average Bonchev–Trinajstić information content (AvgIpc) is 2.94. The normalized spacial score (nSPS) is 23.6. The molecule has 0 bridgehead atoms. The van der Waals surface area contributed by atoms with Gasteiger partial charge in [-0.2, -0.15) is 4.98 Å². The molecule has 2 aromatic heterocycles. The van der Waals surface area contributed by atoms with E-state index in [1.54, 1.807) is 11.8 Å². The Kier molecular flexibility index (Phi) is 2.95. The second-order valence-electron chi connectivity index (χ2n) is 6.68. The van der Waals surface area contributed by atoms with Gasteiger partial charge in [-0.1, -0.05) is 29.4 Å². The topological polar surface area (TPSA) is 63.8 Å². The fraction of sp³-hybridized carbons (Fsp3) is 0.316. The van der Waals surface area contributed by atoms with Crippen LogP contribution >= 0.6 is 0 Å². The molecule has 120 valence electrons. The molecule has 2 aliphatic rings. The molecule has 5 nitrogen and oxygen atoms in total. The van der Waals surface area contributed by atoms with Gasteiger partial charge in [-0.25, -0.2) is 4.98 Å². The highest BCUT2D eigenvalue weighted by Crippen LogP contribution is 2.61. The van der Waals surface area contributed by atoms with E-state index in [0.29, 0.717) is 23.6 Å². The lowest BCUT2D eigenvalue weighted by Crippen LogP contribution is -2.10. The van der Waals surface area contributed by atoms with Crippen LogP contribution in [0.2, 0.25) is 0 Å². The van der Waals surface area contributed by atoms with Crippen LogP contribution < -0.4 is 5.32 Å². The second-order valence-corrected chi connectivity index (χ2v) is 6.68. The van der Waals surface area contributed by atoms with Crippen molar-refractivity contribution in [1.82, 2.24) is 15.1 Å². The third kappa shape index (κ3) is 2.12. The van der Waals surface area contributed by atoms with Crippen molar-refractivity contribution < 1.29 is 4.52 Å². The summed E-state index contributed by atoms with van der Waals surface area (Å²) in [6, 6.07) is 12.7. The van der Waals surface area contributed by atoms with Crippen molar-refractivity contribution in [2.24, 2.45) is 11.8 Å². The van der Waals surface area contributed by atoms with Gasteiger partial charge in [0, 0.05) is 12.7 Å². The third-order valence-corrected chi connectivity index (χ3v) is 5.27. The highest BCUT2D eigenvalue weighted by atomic mass is 16.5. The molecule has 1 saturated carbocycles. The van der Waals surface area contributed by atoms with E-state index in [2.05, 4.69) is 44.7 Å². The maximum Gasteiger partial charge on any atom is 0.261 e. The van der Waals surface area contributed by atoms with Gasteiger partial charge in [0.2, 0.25) is 0 Å². The maximum absolute atomic E-state index is 5.29. The number of benzene rings is 1. The molecule has 3 atom stereocenters. The standard InChI is InChI=1S/C19H18N4O/c1-11-22-19(24-23-11)14-7-4-8-20-18(14)21-10-16-15-9-12-5-2-3-6-13(12)17(15)16/h2-8,15-17H,9-10H2,1H3,(H,20,21). The van der Waals surface area contributed by atoms with Crippen molar-refractivity contribution in [1.29, 1.82) is 0 Å². The Balaban J connectivity index is 1.33. The predicted molar refractivity (Wildman–Crippen MR) is 90.6 cm³/mol. The summed E-state index contributed by atoms with van der Waals surface area (Å²) in [6.07, 6.45) is 3.00. The van der Waals surface area contributed by atoms with E-state index in [4.69, 9.17) is 4.52 Å². The largest absolute Gasteiger partial charge is 0.369 e. The third-order valence-electron chi connectivity index (χ3n) is 5.27. The number of anilines is 1. The van der Waals surface area contributed by atoms with Gasteiger partial charge in [0.25, 0.3) is 5.89 Å². The molecule has 0 aliphatic heterocycles. The molecule has 1 fully saturated rings. The van der Waals surface area contributed by atoms with Crippen molar-refractivity contribution in [3.63, 3.8) is 0 Å². The minimum Gasteiger partial charge on any atom is -0.369 e. The van der Waals surface area contributed by atoms with E-state index in [9.17, 15) is 0 Å². The molecule has 3 unspecified atom stereocenters. The summed E-state index contributed by atoms with van der Waals surface area (Å²) in [4.78, 5) is 8.78. The Bertz CT molecular complexity index is 904. The summed E-state index contributed by atoms with van der Waals surface area (Å²) >= 11 is 0. The van der Waals surface area contributed by atoms with Crippen molar-refractivity contribution >= 4 is 5.82 Å². The van der Waals surface area contributed by atoms with E-state index in [1.807, 2.05) is 19.1 Å². The number of fused-ring (bicyclic) bond motifs is 3. The lowest BCUT2D eigenvalue weighted by molar-refractivity contribution is 0.425. The van der Waals surface area contributed by atoms with Crippen LogP contribution in [0.25, 0.3) is 11.5 Å². The SMILES string of the molecule is Cc1noc(-c2cccnc2NCC2C3Cc4ccccc4C23)n1. The van der Waals surface area contributed by atoms with E-state index in [-0.39, 0.29) is 0 Å². The van der Waals surface area contributed by atoms with Crippen molar-refractivity contribution in [2.45, 2.75) is 19.3 Å². The van der Waals surface area contributed by atoms with Gasteiger partial charge in [0.05, 0.1) is 5.56 Å². The van der Waals surface area contributed by atoms with Crippen LogP contribution in [-0.4, -0.2) is 21.7 Å². The second kappa shape index (κ2) is 5.16. The first-order valence-corrected chi connectivity index (χ1v) is 8.38. The van der Waals surface area contributed by atoms with Crippen molar-refractivity contribution in [3.05, 3.63) is 59.5 Å². The number of nitrogens with zero attached hydrogens (tertiary/aromatic N) is 3. The van der Waals surface area contributed by atoms with Gasteiger partial charge in [0.1, 0.15) is 5.82 Å². The molecule has 5 rings (SSSR count). The number of hydrogen-bond acceptors (Lipinski definition) is 5. The van der Waals surface area contributed by atoms with Gasteiger partial charge >= 0.3 is 0 Å². The molecular weight excluding hydrogens is 300 g/mol. The average molecular weight is 318 g/mol. The highest BCUT2D eigenvalue weighted by Gasteiger charge is 2.54. The summed E-state index contributed by atoms with van der Waals surface area (Å²) in [6.45, 7) is 2.75. The maximum atomic E-state index is 5.29. The Labute approximate surface area is 140 Å². The van der Waals surface area contributed by atoms with Crippen LogP contribution in [0.15, 0.2) is 47.1 Å². The molecular formula is C19H18N4O. The molecule has 0 radical (unpaired) electrons. The molecule has 5 heteroatoms. The van der Waals surface area contributed by atoms with Crippen LogP contribution in [0.4, 0.5) is 5.82 Å². The molecule has 3 aromatic rings. The minimum absolute atomic E-state index is 0.518. The van der Waals surface area contributed by atoms with E-state index in [0.717, 1.165) is 23.8 Å². The van der Waals surface area contributed by atoms with Crippen molar-refractivity contribution in [2.75, 3.05) is 11.9 Å². The number of nitrogens with one attached hydrogen (secondary N) is 1. The highest BCUT2D eigenvalue weighted by molar-refractivity contribution is 5.68. The quantitative estimate of drug-likeness (QED) is 0.798. The predicted octanol–water partition coefficient (Wildman–Crippen LogP) is 3.44. The Hall–Kier alpha value is -2.69. The van der Waals surface area contributed by atoms with Gasteiger partial charge in [-0.15, -0.1) is 0 Å². The van der Waals surface area contributed by atoms with Crippen LogP contribution in [0, 0.1) is 18.8 Å². The number of rotatable bonds is 4. The van der Waals surface area contributed by atoms with Crippen LogP contribution in [0.1, 0.15) is 22.9 Å². The molecule has 0 spiro atoms. The van der Waals surface area contributed by atoms with E-state index >= 15 is 0 Å². The lowest BCUT2D eigenvalue weighted by atomic mass is 10.0. The molecule has 24 heavy (non-hydrogen) atoms. The van der Waals surface area contributed by atoms with Gasteiger partial charge in [-0.3, -0.25) is 0 Å². The fourth-order valence-electron chi connectivity index (χ4n) is 4.10. The van der Waals surface area contributed by atoms with Gasteiger partial charge in [0.15, 0.2) is 5.82 Å². The van der Waals surface area contributed by atoms with Crippen LogP contribution in [0.3, 0.4) is 0 Å². The smallest absolute Gasteiger partial charge is 0.261 e. The first-order valence-electron chi connectivity index (χ1n) is 8.38. The van der Waals surface area contributed by atoms with Crippen LogP contribution in [-0.2, 0) is 6.42 Å².